The molecule has 0 saturated heterocycles. The van der Waals surface area contributed by atoms with Gasteiger partial charge in [0.05, 0.1) is 22.1 Å². The zero-order chi connectivity index (χ0) is 34.8. The smallest absolute Gasteiger partial charge is 0.237 e. The average Bonchev–Trinajstić information content (AvgIpc) is 3.71. The molecule has 0 fully saturated rings. The lowest BCUT2D eigenvalue weighted by molar-refractivity contribution is 0.939. The van der Waals surface area contributed by atoms with E-state index in [1.165, 1.54) is 69.8 Å². The van der Waals surface area contributed by atoms with Gasteiger partial charge in [0, 0.05) is 21.5 Å². The predicted octanol–water partition coefficient (Wildman–Crippen LogP) is 9.87. The summed E-state index contributed by atoms with van der Waals surface area (Å²) in [7, 11) is 0. The minimum absolute atomic E-state index is 0.611. The summed E-state index contributed by atoms with van der Waals surface area (Å²) in [5.74, 6) is 1.22. The first-order valence-electron chi connectivity index (χ1n) is 17.2. The molecular formula is C44H30N8. The molecule has 0 saturated carbocycles. The number of rotatable bonds is 5. The molecule has 0 bridgehead atoms. The van der Waals surface area contributed by atoms with Crippen LogP contribution in [0.3, 0.4) is 0 Å². The normalized spacial score (nSPS) is 11.7. The quantitative estimate of drug-likeness (QED) is 0.181. The third-order valence-electron chi connectivity index (χ3n) is 10.1. The maximum atomic E-state index is 4.45. The van der Waals surface area contributed by atoms with Gasteiger partial charge in [-0.05, 0) is 94.8 Å². The minimum atomic E-state index is 0.611. The van der Waals surface area contributed by atoms with Gasteiger partial charge in [-0.1, -0.05) is 84.9 Å². The molecule has 0 amide bonds. The Morgan fingerprint density at radius 3 is 1.15 bits per heavy atom. The maximum absolute atomic E-state index is 4.45. The van der Waals surface area contributed by atoms with Gasteiger partial charge in [0.1, 0.15) is 25.3 Å². The molecule has 0 aliphatic heterocycles. The Morgan fingerprint density at radius 2 is 0.731 bits per heavy atom. The highest BCUT2D eigenvalue weighted by molar-refractivity contribution is 6.11. The Labute approximate surface area is 298 Å². The van der Waals surface area contributed by atoms with Gasteiger partial charge in [-0.15, -0.1) is 0 Å². The van der Waals surface area contributed by atoms with Gasteiger partial charge < -0.3 is 0 Å². The van der Waals surface area contributed by atoms with Crippen LogP contribution in [0.15, 0.2) is 147 Å². The molecule has 0 atom stereocenters. The summed E-state index contributed by atoms with van der Waals surface area (Å²) < 4.78 is 4.20. The van der Waals surface area contributed by atoms with E-state index in [4.69, 9.17) is 0 Å². The van der Waals surface area contributed by atoms with E-state index < -0.39 is 0 Å². The molecule has 6 aromatic carbocycles. The van der Waals surface area contributed by atoms with E-state index >= 15 is 0 Å². The number of fused-ring (bicyclic) bond motifs is 6. The molecule has 10 aromatic rings. The lowest BCUT2D eigenvalue weighted by atomic mass is 9.91. The molecule has 4 heterocycles. The molecule has 4 aromatic heterocycles. The highest BCUT2D eigenvalue weighted by Crippen LogP contribution is 2.38. The van der Waals surface area contributed by atoms with E-state index in [9.17, 15) is 0 Å². The first-order chi connectivity index (χ1) is 25.6. The van der Waals surface area contributed by atoms with E-state index in [0.717, 1.165) is 43.6 Å². The molecule has 52 heavy (non-hydrogen) atoms. The van der Waals surface area contributed by atoms with Crippen LogP contribution in [-0.2, 0) is 0 Å². The van der Waals surface area contributed by atoms with Crippen molar-refractivity contribution in [3.8, 4) is 45.3 Å². The zero-order valence-corrected chi connectivity index (χ0v) is 28.4. The van der Waals surface area contributed by atoms with Crippen LogP contribution in [0, 0.1) is 13.8 Å². The fourth-order valence-corrected chi connectivity index (χ4v) is 7.72. The van der Waals surface area contributed by atoms with E-state index in [1.807, 2.05) is 0 Å². The van der Waals surface area contributed by atoms with Crippen molar-refractivity contribution in [2.45, 2.75) is 13.8 Å². The lowest BCUT2D eigenvalue weighted by Gasteiger charge is -2.14. The van der Waals surface area contributed by atoms with E-state index in [0.29, 0.717) is 11.9 Å². The Bertz CT molecular complexity index is 2780. The number of nitrogens with zero attached hydrogens (tertiary/aromatic N) is 8. The summed E-state index contributed by atoms with van der Waals surface area (Å²) in [5, 5.41) is 4.65. The van der Waals surface area contributed by atoms with Gasteiger partial charge in [-0.25, -0.2) is 29.9 Å². The summed E-state index contributed by atoms with van der Waals surface area (Å²) in [6.45, 7) is 4.40. The summed E-state index contributed by atoms with van der Waals surface area (Å²) in [6.07, 6.45) is 6.16. The number of benzene rings is 6. The van der Waals surface area contributed by atoms with Crippen LogP contribution in [0.4, 0.5) is 0 Å². The highest BCUT2D eigenvalue weighted by atomic mass is 15.2. The Balaban J connectivity index is 1.00. The largest absolute Gasteiger partial charge is 0.278 e. The van der Waals surface area contributed by atoms with Crippen molar-refractivity contribution >= 4 is 43.6 Å². The monoisotopic (exact) mass is 670 g/mol. The van der Waals surface area contributed by atoms with Crippen LogP contribution in [0.2, 0.25) is 0 Å². The van der Waals surface area contributed by atoms with Gasteiger partial charge >= 0.3 is 0 Å². The first-order valence-corrected chi connectivity index (χ1v) is 17.2. The molecule has 0 aliphatic rings. The van der Waals surface area contributed by atoms with Crippen LogP contribution in [0.1, 0.15) is 11.1 Å². The van der Waals surface area contributed by atoms with Crippen molar-refractivity contribution in [1.29, 1.82) is 0 Å². The van der Waals surface area contributed by atoms with Crippen molar-refractivity contribution in [1.82, 2.24) is 39.0 Å². The van der Waals surface area contributed by atoms with E-state index in [1.54, 1.807) is 0 Å². The van der Waals surface area contributed by atoms with Crippen molar-refractivity contribution < 1.29 is 0 Å². The molecule has 0 N–H and O–H groups in total. The van der Waals surface area contributed by atoms with Crippen molar-refractivity contribution in [2.75, 3.05) is 0 Å². The maximum Gasteiger partial charge on any atom is 0.237 e. The molecular weight excluding hydrogens is 641 g/mol. The number of aromatic nitrogens is 8. The van der Waals surface area contributed by atoms with Crippen LogP contribution in [-0.4, -0.2) is 39.0 Å². The van der Waals surface area contributed by atoms with Crippen molar-refractivity contribution in [3.05, 3.63) is 158 Å². The number of hydrogen-bond acceptors (Lipinski definition) is 6. The van der Waals surface area contributed by atoms with E-state index in [2.05, 4.69) is 174 Å². The van der Waals surface area contributed by atoms with Crippen molar-refractivity contribution in [2.24, 2.45) is 0 Å². The second kappa shape index (κ2) is 11.8. The van der Waals surface area contributed by atoms with Gasteiger partial charge in [0.25, 0.3) is 0 Å². The predicted molar refractivity (Wildman–Crippen MR) is 208 cm³/mol. The molecule has 0 unspecified atom stereocenters. The Kier molecular flexibility index (Phi) is 6.75. The molecule has 8 nitrogen and oxygen atoms in total. The molecule has 0 radical (unpaired) electrons. The Morgan fingerprint density at radius 1 is 0.365 bits per heavy atom. The third-order valence-corrected chi connectivity index (χ3v) is 10.1. The SMILES string of the molecule is Cc1cc(-c2ccc3c(c2)c2ccccc2n3-c2ncncn2)ccc1-c1ccc(-c2ccc3c(c2)c2ccccc2n3-c2ncncn2)cc1C. The fraction of sp³-hybridized carbons (Fsp3) is 0.0455. The summed E-state index contributed by atoms with van der Waals surface area (Å²) in [4.78, 5) is 25.8. The van der Waals surface area contributed by atoms with Gasteiger partial charge in [-0.2, -0.15) is 0 Å². The molecule has 8 heteroatoms. The second-order valence-corrected chi connectivity index (χ2v) is 13.1. The molecule has 0 aliphatic carbocycles. The summed E-state index contributed by atoms with van der Waals surface area (Å²) >= 11 is 0. The lowest BCUT2D eigenvalue weighted by Crippen LogP contribution is -2.00. The standard InChI is InChI=1S/C44H30N8/c1-27-19-29(31-13-17-41-37(21-31)35-7-3-5-9-39(35)51(41)43-47-23-45-24-48-43)11-15-33(27)34-16-12-30(20-28(34)2)32-14-18-42-38(22-32)36-8-4-6-10-40(36)52(42)44-49-25-46-26-50-44/h3-26H,1-2H3. The van der Waals surface area contributed by atoms with E-state index in [-0.39, 0.29) is 0 Å². The highest BCUT2D eigenvalue weighted by Gasteiger charge is 2.17. The van der Waals surface area contributed by atoms with Crippen LogP contribution in [0.5, 0.6) is 0 Å². The molecule has 10 rings (SSSR count). The third kappa shape index (κ3) is 4.69. The molecule has 0 spiro atoms. The minimum Gasteiger partial charge on any atom is -0.278 e. The van der Waals surface area contributed by atoms with Crippen LogP contribution in [0.25, 0.3) is 88.9 Å². The van der Waals surface area contributed by atoms with Crippen molar-refractivity contribution in [3.63, 3.8) is 0 Å². The first kappa shape index (κ1) is 29.8. The fourth-order valence-electron chi connectivity index (χ4n) is 7.72. The number of hydrogen-bond donors (Lipinski definition) is 0. The average molecular weight is 671 g/mol. The molecule has 246 valence electrons. The number of aryl methyl sites for hydroxylation is 2. The summed E-state index contributed by atoms with van der Waals surface area (Å²) in [5.41, 5.74) is 13.9. The van der Waals surface area contributed by atoms with Crippen LogP contribution < -0.4 is 0 Å². The van der Waals surface area contributed by atoms with Gasteiger partial charge in [-0.3, -0.25) is 9.13 Å². The Hall–Kier alpha value is -7.06. The summed E-state index contributed by atoms with van der Waals surface area (Å²) in [6, 6.07) is 43.7. The number of para-hydroxylation sites is 2. The van der Waals surface area contributed by atoms with Gasteiger partial charge in [0.2, 0.25) is 11.9 Å². The topological polar surface area (TPSA) is 87.2 Å². The zero-order valence-electron chi connectivity index (χ0n) is 28.4. The second-order valence-electron chi connectivity index (χ2n) is 13.1. The van der Waals surface area contributed by atoms with Crippen LogP contribution >= 0.6 is 0 Å². The van der Waals surface area contributed by atoms with Gasteiger partial charge in [0.15, 0.2) is 0 Å².